The molecule has 0 aromatic rings. The second kappa shape index (κ2) is 4.66. The monoisotopic (exact) mass is 222 g/mol. The number of hydrogen-bond acceptors (Lipinski definition) is 2. The number of rotatable bonds is 7. The molecule has 3 rings (SSSR count). The van der Waals surface area contributed by atoms with Crippen molar-refractivity contribution in [1.82, 2.24) is 10.6 Å². The summed E-state index contributed by atoms with van der Waals surface area (Å²) in [7, 11) is 0. The molecule has 1 aliphatic heterocycles. The minimum Gasteiger partial charge on any atom is -0.316 e. The fourth-order valence-electron chi connectivity index (χ4n) is 3.12. The molecule has 16 heavy (non-hydrogen) atoms. The second-order valence-electron chi connectivity index (χ2n) is 6.39. The van der Waals surface area contributed by atoms with Crippen LogP contribution in [-0.4, -0.2) is 26.2 Å². The van der Waals surface area contributed by atoms with Gasteiger partial charge in [-0.3, -0.25) is 0 Å². The molecular formula is C14H26N2. The van der Waals surface area contributed by atoms with E-state index in [1.807, 2.05) is 0 Å². The molecule has 2 aliphatic carbocycles. The Morgan fingerprint density at radius 1 is 1.00 bits per heavy atom. The molecule has 2 N–H and O–H groups in total. The molecule has 2 heteroatoms. The Morgan fingerprint density at radius 3 is 2.06 bits per heavy atom. The Kier molecular flexibility index (Phi) is 3.21. The van der Waals surface area contributed by atoms with E-state index in [2.05, 4.69) is 17.6 Å². The smallest absolute Gasteiger partial charge is 0.000522 e. The van der Waals surface area contributed by atoms with E-state index in [1.54, 1.807) is 0 Å². The molecule has 1 unspecified atom stereocenters. The van der Waals surface area contributed by atoms with Crippen molar-refractivity contribution in [1.29, 1.82) is 0 Å². The Morgan fingerprint density at radius 2 is 1.62 bits per heavy atom. The summed E-state index contributed by atoms with van der Waals surface area (Å²) in [6.07, 6.45) is 6.08. The van der Waals surface area contributed by atoms with Crippen molar-refractivity contribution >= 4 is 0 Å². The van der Waals surface area contributed by atoms with E-state index in [4.69, 9.17) is 0 Å². The minimum absolute atomic E-state index is 0.861. The summed E-state index contributed by atoms with van der Waals surface area (Å²) in [6.45, 7) is 7.44. The lowest BCUT2D eigenvalue weighted by Crippen LogP contribution is -2.48. The summed E-state index contributed by atoms with van der Waals surface area (Å²) in [5, 5.41) is 7.12. The summed E-state index contributed by atoms with van der Waals surface area (Å²) in [6, 6.07) is 0. The first-order valence-corrected chi connectivity index (χ1v) is 7.26. The maximum absolute atomic E-state index is 3.75. The molecule has 0 radical (unpaired) electrons. The third-order valence-electron chi connectivity index (χ3n) is 4.92. The summed E-state index contributed by atoms with van der Waals surface area (Å²) >= 11 is 0. The highest BCUT2D eigenvalue weighted by Crippen LogP contribution is 2.48. The third kappa shape index (κ3) is 2.60. The molecule has 3 aliphatic rings. The fraction of sp³-hybridized carbons (Fsp3) is 1.00. The van der Waals surface area contributed by atoms with Crippen molar-refractivity contribution in [3.8, 4) is 0 Å². The lowest BCUT2D eigenvalue weighted by molar-refractivity contribution is 0.236. The first kappa shape index (κ1) is 11.0. The SMILES string of the molecule is CC(CNCC(C1CC1)C1CC1)C1CNC1. The van der Waals surface area contributed by atoms with Gasteiger partial charge in [0.25, 0.3) is 0 Å². The van der Waals surface area contributed by atoms with Gasteiger partial charge >= 0.3 is 0 Å². The Bertz CT molecular complexity index is 217. The number of hydrogen-bond donors (Lipinski definition) is 2. The molecule has 0 aromatic heterocycles. The zero-order valence-corrected chi connectivity index (χ0v) is 10.5. The molecule has 1 heterocycles. The van der Waals surface area contributed by atoms with Crippen molar-refractivity contribution < 1.29 is 0 Å². The molecule has 0 amide bonds. The first-order valence-electron chi connectivity index (χ1n) is 7.26. The van der Waals surface area contributed by atoms with E-state index in [9.17, 15) is 0 Å². The van der Waals surface area contributed by atoms with Crippen molar-refractivity contribution in [2.75, 3.05) is 26.2 Å². The van der Waals surface area contributed by atoms with Gasteiger partial charge < -0.3 is 10.6 Å². The van der Waals surface area contributed by atoms with Crippen LogP contribution in [0.25, 0.3) is 0 Å². The topological polar surface area (TPSA) is 24.1 Å². The van der Waals surface area contributed by atoms with Gasteiger partial charge in [-0.15, -0.1) is 0 Å². The van der Waals surface area contributed by atoms with Gasteiger partial charge in [-0.2, -0.15) is 0 Å². The van der Waals surface area contributed by atoms with E-state index in [1.165, 1.54) is 51.9 Å². The molecule has 0 aromatic carbocycles. The van der Waals surface area contributed by atoms with E-state index in [0.717, 1.165) is 29.6 Å². The van der Waals surface area contributed by atoms with Gasteiger partial charge in [-0.1, -0.05) is 6.92 Å². The Balaban J connectivity index is 1.34. The molecule has 2 nitrogen and oxygen atoms in total. The quantitative estimate of drug-likeness (QED) is 0.687. The zero-order chi connectivity index (χ0) is 11.0. The maximum atomic E-state index is 3.75. The summed E-state index contributed by atoms with van der Waals surface area (Å²) in [5.41, 5.74) is 0. The highest BCUT2D eigenvalue weighted by molar-refractivity contribution is 4.92. The van der Waals surface area contributed by atoms with Gasteiger partial charge in [-0.25, -0.2) is 0 Å². The van der Waals surface area contributed by atoms with Gasteiger partial charge in [-0.05, 0) is 81.5 Å². The minimum atomic E-state index is 0.861. The summed E-state index contributed by atoms with van der Waals surface area (Å²) in [4.78, 5) is 0. The van der Waals surface area contributed by atoms with Crippen LogP contribution >= 0.6 is 0 Å². The molecule has 2 saturated carbocycles. The van der Waals surface area contributed by atoms with E-state index < -0.39 is 0 Å². The standard InChI is InChI=1S/C14H26N2/c1-10(13-7-16-8-13)6-15-9-14(11-2-3-11)12-4-5-12/h10-16H,2-9H2,1H3. The van der Waals surface area contributed by atoms with Crippen LogP contribution in [0.15, 0.2) is 0 Å². The van der Waals surface area contributed by atoms with Crippen LogP contribution in [0.2, 0.25) is 0 Å². The molecule has 3 fully saturated rings. The average molecular weight is 222 g/mol. The van der Waals surface area contributed by atoms with E-state index in [0.29, 0.717) is 0 Å². The molecule has 0 bridgehead atoms. The number of nitrogens with one attached hydrogen (secondary N) is 2. The fourth-order valence-corrected chi connectivity index (χ4v) is 3.12. The maximum Gasteiger partial charge on any atom is -0.000522 e. The summed E-state index contributed by atoms with van der Waals surface area (Å²) < 4.78 is 0. The molecule has 92 valence electrons. The molecule has 1 atom stereocenters. The molecule has 1 saturated heterocycles. The summed E-state index contributed by atoms with van der Waals surface area (Å²) in [5.74, 6) is 5.03. The normalized spacial score (nSPS) is 28.1. The van der Waals surface area contributed by atoms with Gasteiger partial charge in [0.05, 0.1) is 0 Å². The zero-order valence-electron chi connectivity index (χ0n) is 10.5. The van der Waals surface area contributed by atoms with Crippen molar-refractivity contribution in [3.63, 3.8) is 0 Å². The predicted molar refractivity (Wildman–Crippen MR) is 67.3 cm³/mol. The van der Waals surface area contributed by atoms with E-state index in [-0.39, 0.29) is 0 Å². The van der Waals surface area contributed by atoms with Gasteiger partial charge in [0.15, 0.2) is 0 Å². The highest BCUT2D eigenvalue weighted by Gasteiger charge is 2.40. The lowest BCUT2D eigenvalue weighted by Gasteiger charge is -2.33. The Hall–Kier alpha value is -0.0800. The van der Waals surface area contributed by atoms with Crippen LogP contribution in [0.3, 0.4) is 0 Å². The Labute approximate surface area is 99.6 Å². The molecular weight excluding hydrogens is 196 g/mol. The van der Waals surface area contributed by atoms with E-state index >= 15 is 0 Å². The third-order valence-corrected chi connectivity index (χ3v) is 4.92. The molecule has 0 spiro atoms. The van der Waals surface area contributed by atoms with Crippen molar-refractivity contribution in [3.05, 3.63) is 0 Å². The van der Waals surface area contributed by atoms with Crippen LogP contribution in [0.4, 0.5) is 0 Å². The van der Waals surface area contributed by atoms with Crippen LogP contribution in [0.1, 0.15) is 32.6 Å². The van der Waals surface area contributed by atoms with Crippen LogP contribution < -0.4 is 10.6 Å². The predicted octanol–water partition coefficient (Wildman–Crippen LogP) is 1.87. The average Bonchev–Trinajstić information content (AvgIpc) is 3.00. The van der Waals surface area contributed by atoms with Crippen LogP contribution in [0.5, 0.6) is 0 Å². The van der Waals surface area contributed by atoms with Gasteiger partial charge in [0, 0.05) is 0 Å². The lowest BCUT2D eigenvalue weighted by atomic mass is 9.88. The van der Waals surface area contributed by atoms with Crippen LogP contribution in [0, 0.1) is 29.6 Å². The van der Waals surface area contributed by atoms with Crippen LogP contribution in [-0.2, 0) is 0 Å². The largest absolute Gasteiger partial charge is 0.316 e. The van der Waals surface area contributed by atoms with Crippen molar-refractivity contribution in [2.24, 2.45) is 29.6 Å². The highest BCUT2D eigenvalue weighted by atomic mass is 15.0. The second-order valence-corrected chi connectivity index (χ2v) is 6.39. The van der Waals surface area contributed by atoms with Gasteiger partial charge in [0.1, 0.15) is 0 Å². The van der Waals surface area contributed by atoms with Crippen molar-refractivity contribution in [2.45, 2.75) is 32.6 Å². The first-order chi connectivity index (χ1) is 7.84. The van der Waals surface area contributed by atoms with Gasteiger partial charge in [0.2, 0.25) is 0 Å².